The van der Waals surface area contributed by atoms with E-state index >= 15 is 0 Å². The van der Waals surface area contributed by atoms with Crippen molar-refractivity contribution in [3.63, 3.8) is 0 Å². The number of aliphatic hydroxyl groups is 1. The number of aliphatic hydroxyl groups excluding tert-OH is 1. The lowest BCUT2D eigenvalue weighted by Gasteiger charge is -2.29. The van der Waals surface area contributed by atoms with Crippen LogP contribution in [-0.2, 0) is 14.3 Å². The Morgan fingerprint density at radius 2 is 1.89 bits per heavy atom. The van der Waals surface area contributed by atoms with Gasteiger partial charge < -0.3 is 24.4 Å². The number of ether oxygens (including phenoxy) is 2. The van der Waals surface area contributed by atoms with Crippen LogP contribution in [0.2, 0.25) is 0 Å². The zero-order valence-electron chi connectivity index (χ0n) is 14.7. The predicted octanol–water partition coefficient (Wildman–Crippen LogP) is 1.55. The van der Waals surface area contributed by atoms with Gasteiger partial charge in [0.15, 0.2) is 0 Å². The highest BCUT2D eigenvalue weighted by Gasteiger charge is 2.33. The zero-order valence-corrected chi connectivity index (χ0v) is 14.7. The van der Waals surface area contributed by atoms with Gasteiger partial charge >= 0.3 is 12.3 Å². The highest BCUT2D eigenvalue weighted by Crippen LogP contribution is 2.26. The second-order valence-corrected chi connectivity index (χ2v) is 5.92. The molecule has 1 aromatic rings. The van der Waals surface area contributed by atoms with E-state index in [1.807, 2.05) is 4.90 Å². The third-order valence-electron chi connectivity index (χ3n) is 4.21. The third-order valence-corrected chi connectivity index (χ3v) is 4.21. The van der Waals surface area contributed by atoms with Gasteiger partial charge in [0, 0.05) is 44.8 Å². The summed E-state index contributed by atoms with van der Waals surface area (Å²) in [5, 5.41) is 9.16. The van der Waals surface area contributed by atoms with Gasteiger partial charge in [0.05, 0.1) is 7.11 Å². The van der Waals surface area contributed by atoms with Crippen LogP contribution in [0, 0.1) is 0 Å². The van der Waals surface area contributed by atoms with Crippen molar-refractivity contribution in [3.05, 3.63) is 24.3 Å². The molecule has 1 fully saturated rings. The Labute approximate surface area is 154 Å². The highest BCUT2D eigenvalue weighted by molar-refractivity contribution is 5.85. The Bertz CT molecular complexity index is 651. The van der Waals surface area contributed by atoms with Gasteiger partial charge in [-0.15, -0.1) is 13.2 Å². The molecule has 1 aliphatic heterocycles. The molecule has 1 N–H and O–H groups in total. The molecule has 1 aliphatic rings. The highest BCUT2D eigenvalue weighted by atomic mass is 19.4. The maximum Gasteiger partial charge on any atom is 0.573 e. The second-order valence-electron chi connectivity index (χ2n) is 5.92. The zero-order chi connectivity index (χ0) is 20.0. The average Bonchev–Trinajstić information content (AvgIpc) is 2.80. The standard InChI is InChI=1S/C17H21F3N2O5/c1-26-16(25)14(7-11-23)22-10-9-21(8-6-15(22)24)12-2-4-13(5-3-12)27-17(18,19)20/h2-5,14,23H,6-11H2,1H3/t14-/m0/s1. The van der Waals surface area contributed by atoms with Crippen LogP contribution >= 0.6 is 0 Å². The van der Waals surface area contributed by atoms with Gasteiger partial charge in [-0.2, -0.15) is 0 Å². The maximum absolute atomic E-state index is 12.4. The van der Waals surface area contributed by atoms with Crippen LogP contribution in [0.4, 0.5) is 18.9 Å². The Kier molecular flexibility index (Phi) is 6.89. The molecule has 1 amide bonds. The van der Waals surface area contributed by atoms with Crippen molar-refractivity contribution in [2.24, 2.45) is 0 Å². The first-order valence-corrected chi connectivity index (χ1v) is 8.34. The van der Waals surface area contributed by atoms with E-state index in [-0.39, 0.29) is 37.6 Å². The lowest BCUT2D eigenvalue weighted by molar-refractivity contribution is -0.274. The minimum Gasteiger partial charge on any atom is -0.467 e. The van der Waals surface area contributed by atoms with E-state index in [9.17, 15) is 22.8 Å². The molecule has 1 heterocycles. The lowest BCUT2D eigenvalue weighted by atomic mass is 10.1. The molecule has 0 bridgehead atoms. The summed E-state index contributed by atoms with van der Waals surface area (Å²) < 4.78 is 45.3. The van der Waals surface area contributed by atoms with Gasteiger partial charge in [0.25, 0.3) is 0 Å². The van der Waals surface area contributed by atoms with Crippen molar-refractivity contribution in [2.75, 3.05) is 38.3 Å². The van der Waals surface area contributed by atoms with Gasteiger partial charge in [-0.1, -0.05) is 0 Å². The number of hydrogen-bond acceptors (Lipinski definition) is 6. The van der Waals surface area contributed by atoms with E-state index in [0.29, 0.717) is 18.8 Å². The molecule has 0 aliphatic carbocycles. The smallest absolute Gasteiger partial charge is 0.467 e. The summed E-state index contributed by atoms with van der Waals surface area (Å²) in [6.07, 6.45) is -4.56. The van der Waals surface area contributed by atoms with Crippen molar-refractivity contribution in [1.29, 1.82) is 0 Å². The molecule has 27 heavy (non-hydrogen) atoms. The minimum absolute atomic E-state index is 0.0713. The Hall–Kier alpha value is -2.49. The molecular weight excluding hydrogens is 369 g/mol. The number of rotatable bonds is 6. The fourth-order valence-electron chi connectivity index (χ4n) is 2.94. The van der Waals surface area contributed by atoms with Crippen molar-refractivity contribution in [3.8, 4) is 5.75 Å². The van der Waals surface area contributed by atoms with Crippen LogP contribution in [0.5, 0.6) is 5.75 Å². The summed E-state index contributed by atoms with van der Waals surface area (Å²) in [6, 6.07) is 4.50. The summed E-state index contributed by atoms with van der Waals surface area (Å²) in [5.41, 5.74) is 0.635. The Morgan fingerprint density at radius 1 is 1.22 bits per heavy atom. The molecule has 7 nitrogen and oxygen atoms in total. The predicted molar refractivity (Wildman–Crippen MR) is 89.2 cm³/mol. The Balaban J connectivity index is 2.08. The molecule has 0 radical (unpaired) electrons. The molecule has 2 rings (SSSR count). The Morgan fingerprint density at radius 3 is 2.44 bits per heavy atom. The van der Waals surface area contributed by atoms with Gasteiger partial charge in [0.1, 0.15) is 11.8 Å². The summed E-state index contributed by atoms with van der Waals surface area (Å²) in [5.74, 6) is -1.18. The molecule has 1 aromatic carbocycles. The van der Waals surface area contributed by atoms with Crippen LogP contribution in [0.15, 0.2) is 24.3 Å². The van der Waals surface area contributed by atoms with E-state index in [0.717, 1.165) is 0 Å². The number of anilines is 1. The number of benzene rings is 1. The van der Waals surface area contributed by atoms with Gasteiger partial charge in [-0.25, -0.2) is 4.79 Å². The van der Waals surface area contributed by atoms with E-state index in [4.69, 9.17) is 9.84 Å². The van der Waals surface area contributed by atoms with Crippen molar-refractivity contribution < 1.29 is 37.3 Å². The topological polar surface area (TPSA) is 79.3 Å². The summed E-state index contributed by atoms with van der Waals surface area (Å²) >= 11 is 0. The van der Waals surface area contributed by atoms with Crippen molar-refractivity contribution >= 4 is 17.6 Å². The number of methoxy groups -OCH3 is 1. The number of carbonyl (C=O) groups is 2. The number of alkyl halides is 3. The van der Waals surface area contributed by atoms with Gasteiger partial charge in [0.2, 0.25) is 5.91 Å². The number of esters is 1. The normalized spacial score (nSPS) is 16.7. The number of carbonyl (C=O) groups excluding carboxylic acids is 2. The lowest BCUT2D eigenvalue weighted by Crippen LogP contribution is -2.47. The quantitative estimate of drug-likeness (QED) is 0.743. The molecule has 150 valence electrons. The molecular formula is C17H21F3N2O5. The number of amides is 1. The summed E-state index contributed by atoms with van der Waals surface area (Å²) in [7, 11) is 1.21. The van der Waals surface area contributed by atoms with E-state index in [1.165, 1.54) is 36.3 Å². The summed E-state index contributed by atoms with van der Waals surface area (Å²) in [6.45, 7) is 0.680. The van der Waals surface area contributed by atoms with Gasteiger partial charge in [-0.05, 0) is 24.3 Å². The van der Waals surface area contributed by atoms with Crippen molar-refractivity contribution in [2.45, 2.75) is 25.2 Å². The minimum atomic E-state index is -4.76. The first-order chi connectivity index (χ1) is 12.7. The first kappa shape index (κ1) is 20.8. The molecule has 0 unspecified atom stereocenters. The fourth-order valence-corrected chi connectivity index (χ4v) is 2.94. The van der Waals surface area contributed by atoms with Crippen molar-refractivity contribution in [1.82, 2.24) is 4.90 Å². The first-order valence-electron chi connectivity index (χ1n) is 8.34. The number of hydrogen-bond donors (Lipinski definition) is 1. The van der Waals surface area contributed by atoms with E-state index in [2.05, 4.69) is 4.74 Å². The van der Waals surface area contributed by atoms with E-state index < -0.39 is 18.4 Å². The average molecular weight is 390 g/mol. The van der Waals surface area contributed by atoms with Crippen LogP contribution in [0.25, 0.3) is 0 Å². The molecule has 1 atom stereocenters. The molecule has 0 saturated carbocycles. The molecule has 1 saturated heterocycles. The second kappa shape index (κ2) is 8.94. The van der Waals surface area contributed by atoms with E-state index in [1.54, 1.807) is 0 Å². The SMILES string of the molecule is COC(=O)[C@H](CCO)N1CCN(c2ccc(OC(F)(F)F)cc2)CCC1=O. The maximum atomic E-state index is 12.4. The van der Waals surface area contributed by atoms with Gasteiger partial charge in [-0.3, -0.25) is 4.79 Å². The van der Waals surface area contributed by atoms with Crippen LogP contribution in [0.3, 0.4) is 0 Å². The summed E-state index contributed by atoms with van der Waals surface area (Å²) in [4.78, 5) is 27.5. The monoisotopic (exact) mass is 390 g/mol. The largest absolute Gasteiger partial charge is 0.573 e. The number of nitrogens with zero attached hydrogens (tertiary/aromatic N) is 2. The molecule has 10 heteroatoms. The molecule has 0 aromatic heterocycles. The fraction of sp³-hybridized carbons (Fsp3) is 0.529. The number of halogens is 3. The van der Waals surface area contributed by atoms with Crippen LogP contribution in [-0.4, -0.2) is 67.6 Å². The molecule has 0 spiro atoms. The third kappa shape index (κ3) is 5.75. The van der Waals surface area contributed by atoms with Crippen LogP contribution < -0.4 is 9.64 Å². The van der Waals surface area contributed by atoms with Crippen LogP contribution in [0.1, 0.15) is 12.8 Å².